The fraction of sp³-hybridized carbons (Fsp3) is 0.273. The molecule has 0 bridgehead atoms. The van der Waals surface area contributed by atoms with Gasteiger partial charge in [-0.3, -0.25) is 0 Å². The molecule has 0 fully saturated rings. The highest BCUT2D eigenvalue weighted by molar-refractivity contribution is 6.40. The van der Waals surface area contributed by atoms with Crippen molar-refractivity contribution >= 4 is 11.7 Å². The van der Waals surface area contributed by atoms with Crippen LogP contribution in [0.1, 0.15) is 12.5 Å². The first-order valence-corrected chi connectivity index (χ1v) is 4.76. The number of methoxy groups -OCH3 is 1. The quantitative estimate of drug-likeness (QED) is 0.332. The molecule has 0 amide bonds. The number of nitrogens with zero attached hydrogens (tertiary/aromatic N) is 2. The Bertz CT molecular complexity index is 419. The lowest BCUT2D eigenvalue weighted by atomic mass is 10.1. The summed E-state index contributed by atoms with van der Waals surface area (Å²) in [6.07, 6.45) is 0. The monoisotopic (exact) mass is 220 g/mol. The molecular formula is C11H12N2O3. The first kappa shape index (κ1) is 11.9. The molecule has 0 spiro atoms. The first-order chi connectivity index (χ1) is 7.72. The minimum absolute atomic E-state index is 0.121. The van der Waals surface area contributed by atoms with Crippen LogP contribution >= 0.6 is 0 Å². The van der Waals surface area contributed by atoms with Crippen LogP contribution < -0.4 is 4.74 Å². The Hall–Kier alpha value is -2.13. The Morgan fingerprint density at radius 1 is 1.38 bits per heavy atom. The molecule has 0 aliphatic heterocycles. The third kappa shape index (κ3) is 2.68. The standard InChI is InChI=1S/C11H12N2O3/c1-3-16-11(14)10(13-12)8-4-6-9(15-2)7-5-8/h4-7H,3H2,1-2H3. The molecular weight excluding hydrogens is 208 g/mol. The summed E-state index contributed by atoms with van der Waals surface area (Å²) in [6, 6.07) is 6.56. The average Bonchev–Trinajstić information content (AvgIpc) is 2.31. The molecule has 0 saturated heterocycles. The molecule has 0 radical (unpaired) electrons. The molecule has 1 aromatic rings. The Labute approximate surface area is 93.2 Å². The van der Waals surface area contributed by atoms with Crippen LogP contribution in [0.15, 0.2) is 24.3 Å². The number of hydrogen-bond donors (Lipinski definition) is 0. The summed E-state index contributed by atoms with van der Waals surface area (Å²) < 4.78 is 9.72. The molecule has 0 aliphatic rings. The van der Waals surface area contributed by atoms with Gasteiger partial charge in [-0.15, -0.1) is 0 Å². The maximum Gasteiger partial charge on any atom is 0.422 e. The van der Waals surface area contributed by atoms with Gasteiger partial charge in [-0.1, -0.05) is 0 Å². The number of carbonyl (C=O) groups is 1. The number of benzene rings is 1. The molecule has 0 N–H and O–H groups in total. The van der Waals surface area contributed by atoms with Crippen LogP contribution in [0, 0.1) is 0 Å². The predicted molar refractivity (Wildman–Crippen MR) is 57.4 cm³/mol. The molecule has 0 aromatic heterocycles. The van der Waals surface area contributed by atoms with E-state index < -0.39 is 5.97 Å². The normalized spacial score (nSPS) is 9.12. The fourth-order valence-electron chi connectivity index (χ4n) is 1.16. The minimum atomic E-state index is -0.657. The van der Waals surface area contributed by atoms with E-state index in [1.165, 1.54) is 0 Å². The maximum atomic E-state index is 11.4. The lowest BCUT2D eigenvalue weighted by Crippen LogP contribution is -2.19. The van der Waals surface area contributed by atoms with Crippen LogP contribution in [0.25, 0.3) is 5.53 Å². The van der Waals surface area contributed by atoms with Gasteiger partial charge >= 0.3 is 11.7 Å². The van der Waals surface area contributed by atoms with Crippen molar-refractivity contribution in [2.24, 2.45) is 0 Å². The summed E-state index contributed by atoms with van der Waals surface area (Å²) in [5.41, 5.74) is 9.11. The van der Waals surface area contributed by atoms with Gasteiger partial charge < -0.3 is 15.0 Å². The van der Waals surface area contributed by atoms with E-state index >= 15 is 0 Å². The topological polar surface area (TPSA) is 71.9 Å². The van der Waals surface area contributed by atoms with Crippen molar-refractivity contribution in [2.45, 2.75) is 6.92 Å². The maximum absolute atomic E-state index is 11.4. The summed E-state index contributed by atoms with van der Waals surface area (Å²) in [7, 11) is 1.54. The van der Waals surface area contributed by atoms with Crippen LogP contribution in [-0.4, -0.2) is 30.2 Å². The van der Waals surface area contributed by atoms with Crippen molar-refractivity contribution in [2.75, 3.05) is 13.7 Å². The highest BCUT2D eigenvalue weighted by atomic mass is 16.5. The third-order valence-corrected chi connectivity index (χ3v) is 1.93. The van der Waals surface area contributed by atoms with Crippen LogP contribution in [0.2, 0.25) is 0 Å². The van der Waals surface area contributed by atoms with Gasteiger partial charge in [0, 0.05) is 0 Å². The van der Waals surface area contributed by atoms with Crippen molar-refractivity contribution in [3.8, 4) is 5.75 Å². The third-order valence-electron chi connectivity index (χ3n) is 1.93. The lowest BCUT2D eigenvalue weighted by Gasteiger charge is -2.00. The largest absolute Gasteiger partial charge is 0.497 e. The Kier molecular flexibility index (Phi) is 4.24. The zero-order valence-electron chi connectivity index (χ0n) is 9.14. The lowest BCUT2D eigenvalue weighted by molar-refractivity contribution is -0.139. The Morgan fingerprint density at radius 3 is 2.44 bits per heavy atom. The van der Waals surface area contributed by atoms with Gasteiger partial charge in [0.15, 0.2) is 0 Å². The fourth-order valence-corrected chi connectivity index (χ4v) is 1.16. The van der Waals surface area contributed by atoms with Crippen LogP contribution in [0.4, 0.5) is 0 Å². The molecule has 5 nitrogen and oxygen atoms in total. The van der Waals surface area contributed by atoms with Gasteiger partial charge in [0.05, 0.1) is 19.3 Å². The van der Waals surface area contributed by atoms with Gasteiger partial charge in [-0.05, 0) is 31.2 Å². The van der Waals surface area contributed by atoms with Crippen molar-refractivity contribution in [3.63, 3.8) is 0 Å². The van der Waals surface area contributed by atoms with Crippen molar-refractivity contribution in [1.29, 1.82) is 0 Å². The number of esters is 1. The van der Waals surface area contributed by atoms with E-state index in [0.717, 1.165) is 0 Å². The molecule has 1 aromatic carbocycles. The summed E-state index contributed by atoms with van der Waals surface area (Å²) in [5.74, 6) is 0.0000607. The highest BCUT2D eigenvalue weighted by Gasteiger charge is 2.23. The summed E-state index contributed by atoms with van der Waals surface area (Å²) in [6.45, 7) is 1.91. The molecule has 5 heteroatoms. The second kappa shape index (κ2) is 5.68. The SMILES string of the molecule is CCOC(=O)C(=[N+]=[N-])c1ccc(OC)cc1. The number of rotatable bonds is 4. The smallest absolute Gasteiger partial charge is 0.422 e. The van der Waals surface area contributed by atoms with Crippen LogP contribution in [-0.2, 0) is 9.53 Å². The zero-order valence-corrected chi connectivity index (χ0v) is 9.14. The summed E-state index contributed by atoms with van der Waals surface area (Å²) in [5, 5.41) is 0. The van der Waals surface area contributed by atoms with E-state index in [0.29, 0.717) is 11.3 Å². The predicted octanol–water partition coefficient (Wildman–Crippen LogP) is 1.28. The van der Waals surface area contributed by atoms with Crippen LogP contribution in [0.5, 0.6) is 5.75 Å². The van der Waals surface area contributed by atoms with E-state index in [9.17, 15) is 4.79 Å². The van der Waals surface area contributed by atoms with E-state index in [1.807, 2.05) is 0 Å². The minimum Gasteiger partial charge on any atom is -0.497 e. The average molecular weight is 220 g/mol. The molecule has 0 saturated carbocycles. The number of ether oxygens (including phenoxy) is 2. The van der Waals surface area contributed by atoms with E-state index in [1.54, 1.807) is 38.3 Å². The first-order valence-electron chi connectivity index (χ1n) is 4.76. The second-order valence-corrected chi connectivity index (χ2v) is 2.90. The zero-order chi connectivity index (χ0) is 12.0. The molecule has 0 unspecified atom stereocenters. The molecule has 16 heavy (non-hydrogen) atoms. The van der Waals surface area contributed by atoms with Crippen molar-refractivity contribution < 1.29 is 19.1 Å². The summed E-state index contributed by atoms with van der Waals surface area (Å²) in [4.78, 5) is 14.3. The Balaban J connectivity index is 2.97. The van der Waals surface area contributed by atoms with Gasteiger partial charge in [0.25, 0.3) is 0 Å². The summed E-state index contributed by atoms with van der Waals surface area (Å²) >= 11 is 0. The molecule has 0 heterocycles. The Morgan fingerprint density at radius 2 is 2.00 bits per heavy atom. The molecule has 0 aliphatic carbocycles. The van der Waals surface area contributed by atoms with Gasteiger partial charge in [0.2, 0.25) is 0 Å². The van der Waals surface area contributed by atoms with E-state index in [4.69, 9.17) is 15.0 Å². The van der Waals surface area contributed by atoms with E-state index in [-0.39, 0.29) is 12.3 Å². The molecule has 0 atom stereocenters. The van der Waals surface area contributed by atoms with Gasteiger partial charge in [-0.2, -0.15) is 4.79 Å². The van der Waals surface area contributed by atoms with Gasteiger partial charge in [0.1, 0.15) is 5.75 Å². The highest BCUT2D eigenvalue weighted by Crippen LogP contribution is 2.11. The molecule has 1 rings (SSSR count). The number of carbonyl (C=O) groups excluding carboxylic acids is 1. The van der Waals surface area contributed by atoms with Gasteiger partial charge in [-0.25, -0.2) is 4.79 Å². The second-order valence-electron chi connectivity index (χ2n) is 2.90. The van der Waals surface area contributed by atoms with Crippen molar-refractivity contribution in [3.05, 3.63) is 35.4 Å². The molecule has 84 valence electrons. The van der Waals surface area contributed by atoms with E-state index in [2.05, 4.69) is 4.79 Å². The van der Waals surface area contributed by atoms with Crippen LogP contribution in [0.3, 0.4) is 0 Å². The number of hydrogen-bond acceptors (Lipinski definition) is 3. The van der Waals surface area contributed by atoms with Crippen molar-refractivity contribution in [1.82, 2.24) is 0 Å².